The summed E-state index contributed by atoms with van der Waals surface area (Å²) in [5, 5.41) is 22.9. The van der Waals surface area contributed by atoms with E-state index in [9.17, 15) is 10.2 Å². The van der Waals surface area contributed by atoms with Crippen molar-refractivity contribution in [1.29, 1.82) is 0 Å². The Labute approximate surface area is 91.9 Å². The van der Waals surface area contributed by atoms with Crippen molar-refractivity contribution < 1.29 is 10.2 Å². The quantitative estimate of drug-likeness (QED) is 0.656. The van der Waals surface area contributed by atoms with Crippen molar-refractivity contribution in [3.05, 3.63) is 0 Å². The number of hydrogen-bond donors (Lipinski definition) is 3. The number of aliphatic hydroxyl groups excluding tert-OH is 2. The third-order valence-corrected chi connectivity index (χ3v) is 3.99. The SMILES string of the molecule is OC1CCCC1CNC1CCCCC1O. The monoisotopic (exact) mass is 213 g/mol. The van der Waals surface area contributed by atoms with Crippen LogP contribution in [-0.2, 0) is 0 Å². The average molecular weight is 213 g/mol. The molecule has 0 spiro atoms. The molecule has 88 valence electrons. The van der Waals surface area contributed by atoms with Gasteiger partial charge in [-0.2, -0.15) is 0 Å². The first kappa shape index (κ1) is 11.4. The van der Waals surface area contributed by atoms with Crippen molar-refractivity contribution in [3.8, 4) is 0 Å². The van der Waals surface area contributed by atoms with Gasteiger partial charge in [-0.15, -0.1) is 0 Å². The number of hydrogen-bond acceptors (Lipinski definition) is 3. The maximum atomic E-state index is 9.78. The first-order valence-corrected chi connectivity index (χ1v) is 6.37. The lowest BCUT2D eigenvalue weighted by Gasteiger charge is -2.30. The topological polar surface area (TPSA) is 52.5 Å². The molecule has 15 heavy (non-hydrogen) atoms. The third kappa shape index (κ3) is 2.92. The van der Waals surface area contributed by atoms with E-state index in [1.807, 2.05) is 0 Å². The Morgan fingerprint density at radius 2 is 1.60 bits per heavy atom. The fraction of sp³-hybridized carbons (Fsp3) is 1.00. The van der Waals surface area contributed by atoms with Crippen LogP contribution in [0, 0.1) is 5.92 Å². The normalized spacial score (nSPS) is 42.0. The van der Waals surface area contributed by atoms with E-state index in [-0.39, 0.29) is 18.2 Å². The zero-order chi connectivity index (χ0) is 10.7. The zero-order valence-electron chi connectivity index (χ0n) is 9.36. The van der Waals surface area contributed by atoms with Gasteiger partial charge in [0.1, 0.15) is 0 Å². The summed E-state index contributed by atoms with van der Waals surface area (Å²) in [4.78, 5) is 0. The lowest BCUT2D eigenvalue weighted by molar-refractivity contribution is 0.0795. The smallest absolute Gasteiger partial charge is 0.0693 e. The molecule has 2 saturated carbocycles. The van der Waals surface area contributed by atoms with Crippen LogP contribution in [0.1, 0.15) is 44.9 Å². The highest BCUT2D eigenvalue weighted by Gasteiger charge is 2.28. The summed E-state index contributed by atoms with van der Waals surface area (Å²) in [7, 11) is 0. The van der Waals surface area contributed by atoms with Gasteiger partial charge in [-0.25, -0.2) is 0 Å². The summed E-state index contributed by atoms with van der Waals surface area (Å²) < 4.78 is 0. The van der Waals surface area contributed by atoms with E-state index in [4.69, 9.17) is 0 Å². The maximum absolute atomic E-state index is 9.78. The average Bonchev–Trinajstić information content (AvgIpc) is 2.63. The Morgan fingerprint density at radius 1 is 0.867 bits per heavy atom. The fourth-order valence-electron chi connectivity index (χ4n) is 2.91. The van der Waals surface area contributed by atoms with Crippen LogP contribution in [0.2, 0.25) is 0 Å². The van der Waals surface area contributed by atoms with Crippen LogP contribution in [0.15, 0.2) is 0 Å². The Kier molecular flexibility index (Phi) is 4.00. The largest absolute Gasteiger partial charge is 0.393 e. The first-order valence-electron chi connectivity index (χ1n) is 6.37. The summed E-state index contributed by atoms with van der Waals surface area (Å²) >= 11 is 0. The Balaban J connectivity index is 1.72. The standard InChI is InChI=1S/C12H23NO2/c14-11-7-3-4-9(11)8-13-10-5-1-2-6-12(10)15/h9-15H,1-8H2. The van der Waals surface area contributed by atoms with Crippen LogP contribution in [-0.4, -0.2) is 35.0 Å². The molecule has 0 aromatic carbocycles. The highest BCUT2D eigenvalue weighted by Crippen LogP contribution is 2.25. The van der Waals surface area contributed by atoms with Gasteiger partial charge in [0.15, 0.2) is 0 Å². The molecule has 2 fully saturated rings. The number of nitrogens with one attached hydrogen (secondary N) is 1. The molecule has 0 radical (unpaired) electrons. The molecule has 2 aliphatic rings. The lowest BCUT2D eigenvalue weighted by Crippen LogP contribution is -2.44. The van der Waals surface area contributed by atoms with E-state index in [0.29, 0.717) is 5.92 Å². The molecule has 2 aliphatic carbocycles. The molecule has 0 aromatic heterocycles. The van der Waals surface area contributed by atoms with Crippen molar-refractivity contribution >= 4 is 0 Å². The van der Waals surface area contributed by atoms with Crippen molar-refractivity contribution in [2.24, 2.45) is 5.92 Å². The van der Waals surface area contributed by atoms with Crippen LogP contribution in [0.5, 0.6) is 0 Å². The van der Waals surface area contributed by atoms with E-state index in [2.05, 4.69) is 5.32 Å². The molecule has 4 unspecified atom stereocenters. The lowest BCUT2D eigenvalue weighted by atomic mass is 9.92. The molecule has 3 heteroatoms. The molecule has 4 atom stereocenters. The van der Waals surface area contributed by atoms with E-state index in [0.717, 1.165) is 45.1 Å². The van der Waals surface area contributed by atoms with Gasteiger partial charge in [0.25, 0.3) is 0 Å². The maximum Gasteiger partial charge on any atom is 0.0693 e. The summed E-state index contributed by atoms with van der Waals surface area (Å²) in [6.07, 6.45) is 7.37. The molecule has 0 amide bonds. The first-order chi connectivity index (χ1) is 7.27. The highest BCUT2D eigenvalue weighted by atomic mass is 16.3. The van der Waals surface area contributed by atoms with Gasteiger partial charge < -0.3 is 15.5 Å². The highest BCUT2D eigenvalue weighted by molar-refractivity contribution is 4.84. The minimum Gasteiger partial charge on any atom is -0.393 e. The van der Waals surface area contributed by atoms with Gasteiger partial charge in [0.2, 0.25) is 0 Å². The van der Waals surface area contributed by atoms with E-state index in [1.54, 1.807) is 0 Å². The van der Waals surface area contributed by atoms with E-state index < -0.39 is 0 Å². The van der Waals surface area contributed by atoms with Gasteiger partial charge in [0.05, 0.1) is 12.2 Å². The van der Waals surface area contributed by atoms with Gasteiger partial charge in [-0.3, -0.25) is 0 Å². The third-order valence-electron chi connectivity index (χ3n) is 3.99. The van der Waals surface area contributed by atoms with E-state index >= 15 is 0 Å². The van der Waals surface area contributed by atoms with Crippen molar-refractivity contribution in [2.75, 3.05) is 6.54 Å². The molecule has 0 aromatic rings. The second-order valence-electron chi connectivity index (χ2n) is 5.12. The van der Waals surface area contributed by atoms with Gasteiger partial charge in [0, 0.05) is 12.6 Å². The molecule has 3 nitrogen and oxygen atoms in total. The minimum absolute atomic E-state index is 0.113. The second-order valence-corrected chi connectivity index (χ2v) is 5.12. The molecule has 0 saturated heterocycles. The van der Waals surface area contributed by atoms with Crippen LogP contribution < -0.4 is 5.32 Å². The summed E-state index contributed by atoms with van der Waals surface area (Å²) in [6.45, 7) is 0.878. The number of aliphatic hydroxyl groups is 2. The number of rotatable bonds is 3. The Hall–Kier alpha value is -0.120. The van der Waals surface area contributed by atoms with Crippen LogP contribution in [0.3, 0.4) is 0 Å². The van der Waals surface area contributed by atoms with Crippen LogP contribution in [0.4, 0.5) is 0 Å². The van der Waals surface area contributed by atoms with Gasteiger partial charge >= 0.3 is 0 Å². The molecular weight excluding hydrogens is 190 g/mol. The van der Waals surface area contributed by atoms with Gasteiger partial charge in [-0.05, 0) is 31.6 Å². The molecule has 3 N–H and O–H groups in total. The van der Waals surface area contributed by atoms with Crippen molar-refractivity contribution in [3.63, 3.8) is 0 Å². The molecule has 0 bridgehead atoms. The van der Waals surface area contributed by atoms with Crippen LogP contribution in [0.25, 0.3) is 0 Å². The predicted octanol–water partition coefficient (Wildman–Crippen LogP) is 1.04. The molecule has 0 heterocycles. The second kappa shape index (κ2) is 5.28. The zero-order valence-corrected chi connectivity index (χ0v) is 9.36. The van der Waals surface area contributed by atoms with Crippen molar-refractivity contribution in [2.45, 2.75) is 63.2 Å². The summed E-state index contributed by atoms with van der Waals surface area (Å²) in [5.74, 6) is 0.416. The van der Waals surface area contributed by atoms with Crippen molar-refractivity contribution in [1.82, 2.24) is 5.32 Å². The Morgan fingerprint density at radius 3 is 2.27 bits per heavy atom. The fourth-order valence-corrected chi connectivity index (χ4v) is 2.91. The van der Waals surface area contributed by atoms with Gasteiger partial charge in [-0.1, -0.05) is 19.3 Å². The summed E-state index contributed by atoms with van der Waals surface area (Å²) in [6, 6.07) is 0.270. The Bertz CT molecular complexity index is 198. The molecule has 0 aliphatic heterocycles. The molecular formula is C12H23NO2. The van der Waals surface area contributed by atoms with E-state index in [1.165, 1.54) is 6.42 Å². The summed E-state index contributed by atoms with van der Waals surface area (Å²) in [5.41, 5.74) is 0. The minimum atomic E-state index is -0.169. The van der Waals surface area contributed by atoms with Crippen LogP contribution >= 0.6 is 0 Å². The predicted molar refractivity (Wildman–Crippen MR) is 59.6 cm³/mol. The molecule has 2 rings (SSSR count).